The van der Waals surface area contributed by atoms with Crippen LogP contribution in [-0.2, 0) is 6.18 Å². The average molecular weight is 350 g/mol. The van der Waals surface area contributed by atoms with Crippen LogP contribution in [0.5, 0.6) is 0 Å². The zero-order chi connectivity index (χ0) is 14.9. The molecule has 1 aromatic rings. The van der Waals surface area contributed by atoms with E-state index in [9.17, 15) is 18.0 Å². The summed E-state index contributed by atoms with van der Waals surface area (Å²) in [6.07, 6.45) is -3.61. The number of likely N-dealkylation sites (tertiary alicyclic amines) is 1. The highest BCUT2D eigenvalue weighted by Gasteiger charge is 2.32. The average Bonchev–Trinajstić information content (AvgIpc) is 2.40. The van der Waals surface area contributed by atoms with Crippen LogP contribution in [0, 0.1) is 5.92 Å². The van der Waals surface area contributed by atoms with E-state index in [1.54, 1.807) is 4.90 Å². The van der Waals surface area contributed by atoms with Gasteiger partial charge in [-0.1, -0.05) is 28.9 Å². The van der Waals surface area contributed by atoms with Crippen molar-refractivity contribution in [3.8, 4) is 0 Å². The van der Waals surface area contributed by atoms with Gasteiger partial charge in [0.15, 0.2) is 0 Å². The van der Waals surface area contributed by atoms with Crippen molar-refractivity contribution < 1.29 is 18.0 Å². The summed E-state index contributed by atoms with van der Waals surface area (Å²) < 4.78 is 38.0. The van der Waals surface area contributed by atoms with Crippen LogP contribution in [0.25, 0.3) is 0 Å². The maximum Gasteiger partial charge on any atom is 0.416 e. The molecule has 0 bridgehead atoms. The molecule has 6 heteroatoms. The van der Waals surface area contributed by atoms with E-state index in [0.717, 1.165) is 18.6 Å². The Bertz CT molecular complexity index is 503. The van der Waals surface area contributed by atoms with Crippen LogP contribution in [0.3, 0.4) is 0 Å². The summed E-state index contributed by atoms with van der Waals surface area (Å²) >= 11 is 3.54. The van der Waals surface area contributed by atoms with Crippen LogP contribution in [0.1, 0.15) is 29.3 Å². The summed E-state index contributed by atoms with van der Waals surface area (Å²) in [6, 6.07) is 4.61. The van der Waals surface area contributed by atoms with E-state index in [1.807, 2.05) is 6.92 Å². The summed E-state index contributed by atoms with van der Waals surface area (Å²) in [6.45, 7) is 3.14. The molecule has 1 amide bonds. The number of amides is 1. The second-order valence-corrected chi connectivity index (χ2v) is 6.29. The number of piperidine rings is 1. The van der Waals surface area contributed by atoms with Crippen LogP contribution >= 0.6 is 15.9 Å². The Hall–Kier alpha value is -1.04. The monoisotopic (exact) mass is 349 g/mol. The molecule has 0 radical (unpaired) electrons. The van der Waals surface area contributed by atoms with Crippen molar-refractivity contribution in [3.05, 3.63) is 35.4 Å². The van der Waals surface area contributed by atoms with E-state index in [4.69, 9.17) is 0 Å². The molecule has 2 unspecified atom stereocenters. The molecule has 0 saturated carbocycles. The van der Waals surface area contributed by atoms with E-state index < -0.39 is 11.7 Å². The first-order chi connectivity index (χ1) is 9.29. The topological polar surface area (TPSA) is 20.3 Å². The van der Waals surface area contributed by atoms with Gasteiger partial charge in [0.05, 0.1) is 5.56 Å². The quantitative estimate of drug-likeness (QED) is 0.703. The SMILES string of the molecule is CC1CN(C(=O)c2cccc(C(F)(F)F)c2)CCC1Br. The smallest absolute Gasteiger partial charge is 0.338 e. The Labute approximate surface area is 124 Å². The van der Waals surface area contributed by atoms with Gasteiger partial charge in [0.2, 0.25) is 0 Å². The molecule has 1 saturated heterocycles. The van der Waals surface area contributed by atoms with E-state index in [0.29, 0.717) is 23.8 Å². The number of rotatable bonds is 1. The van der Waals surface area contributed by atoms with Crippen molar-refractivity contribution in [3.63, 3.8) is 0 Å². The van der Waals surface area contributed by atoms with Crippen molar-refractivity contribution >= 4 is 21.8 Å². The zero-order valence-corrected chi connectivity index (χ0v) is 12.5. The summed E-state index contributed by atoms with van der Waals surface area (Å²) in [5.41, 5.74) is -0.688. The molecule has 1 aliphatic heterocycles. The Morgan fingerprint density at radius 2 is 2.10 bits per heavy atom. The second kappa shape index (κ2) is 5.76. The molecule has 0 aliphatic carbocycles. The molecule has 2 rings (SSSR count). The second-order valence-electron chi connectivity index (χ2n) is 5.11. The van der Waals surface area contributed by atoms with Gasteiger partial charge in [0.1, 0.15) is 0 Å². The highest BCUT2D eigenvalue weighted by Crippen LogP contribution is 2.30. The molecule has 20 heavy (non-hydrogen) atoms. The van der Waals surface area contributed by atoms with Crippen LogP contribution in [-0.4, -0.2) is 28.7 Å². The van der Waals surface area contributed by atoms with Gasteiger partial charge in [-0.2, -0.15) is 13.2 Å². The zero-order valence-electron chi connectivity index (χ0n) is 11.0. The van der Waals surface area contributed by atoms with E-state index in [2.05, 4.69) is 15.9 Å². The van der Waals surface area contributed by atoms with Gasteiger partial charge in [0, 0.05) is 23.5 Å². The molecule has 1 heterocycles. The largest absolute Gasteiger partial charge is 0.416 e. The Morgan fingerprint density at radius 3 is 2.70 bits per heavy atom. The standard InChI is InChI=1S/C14H15BrF3NO/c1-9-8-19(6-5-12(9)15)13(20)10-3-2-4-11(7-10)14(16,17)18/h2-4,7,9,12H,5-6,8H2,1H3. The van der Waals surface area contributed by atoms with Gasteiger partial charge >= 0.3 is 6.18 Å². The minimum absolute atomic E-state index is 0.0973. The maximum absolute atomic E-state index is 12.7. The van der Waals surface area contributed by atoms with Crippen molar-refractivity contribution in [2.75, 3.05) is 13.1 Å². The molecule has 0 N–H and O–H groups in total. The molecular weight excluding hydrogens is 335 g/mol. The molecule has 0 spiro atoms. The molecule has 2 atom stereocenters. The molecule has 1 fully saturated rings. The summed E-state index contributed by atoms with van der Waals surface area (Å²) in [7, 11) is 0. The van der Waals surface area contributed by atoms with Crippen molar-refractivity contribution in [1.82, 2.24) is 4.90 Å². The summed E-state index contributed by atoms with van der Waals surface area (Å²) in [5.74, 6) is -0.0409. The van der Waals surface area contributed by atoms with Crippen molar-refractivity contribution in [1.29, 1.82) is 0 Å². The Balaban J connectivity index is 2.17. The van der Waals surface area contributed by atoms with E-state index in [-0.39, 0.29) is 11.5 Å². The number of halogens is 4. The summed E-state index contributed by atoms with van der Waals surface area (Å²) in [5, 5.41) is 0. The first-order valence-electron chi connectivity index (χ1n) is 6.39. The highest BCUT2D eigenvalue weighted by atomic mass is 79.9. The minimum Gasteiger partial charge on any atom is -0.338 e. The lowest BCUT2D eigenvalue weighted by atomic mass is 9.99. The fourth-order valence-corrected chi connectivity index (χ4v) is 2.68. The fraction of sp³-hybridized carbons (Fsp3) is 0.500. The molecule has 110 valence electrons. The molecular formula is C14H15BrF3NO. The fourth-order valence-electron chi connectivity index (χ4n) is 2.31. The third kappa shape index (κ3) is 3.34. The number of hydrogen-bond donors (Lipinski definition) is 0. The van der Waals surface area contributed by atoms with Crippen LogP contribution < -0.4 is 0 Å². The van der Waals surface area contributed by atoms with Crippen LogP contribution in [0.15, 0.2) is 24.3 Å². The number of benzene rings is 1. The molecule has 1 aliphatic rings. The van der Waals surface area contributed by atoms with Gasteiger partial charge < -0.3 is 4.90 Å². The van der Waals surface area contributed by atoms with Gasteiger partial charge in [0.25, 0.3) is 5.91 Å². The predicted molar refractivity (Wildman–Crippen MR) is 73.8 cm³/mol. The molecule has 1 aromatic carbocycles. The van der Waals surface area contributed by atoms with Gasteiger partial charge in [-0.05, 0) is 30.5 Å². The Kier molecular flexibility index (Phi) is 4.42. The molecule has 0 aromatic heterocycles. The third-order valence-electron chi connectivity index (χ3n) is 3.52. The Morgan fingerprint density at radius 1 is 1.40 bits per heavy atom. The summed E-state index contributed by atoms with van der Waals surface area (Å²) in [4.78, 5) is 14.3. The normalized spacial score (nSPS) is 23.8. The number of alkyl halides is 4. The maximum atomic E-state index is 12.7. The van der Waals surface area contributed by atoms with E-state index in [1.165, 1.54) is 12.1 Å². The number of carbonyl (C=O) groups excluding carboxylic acids is 1. The van der Waals surface area contributed by atoms with Crippen LogP contribution in [0.2, 0.25) is 0 Å². The van der Waals surface area contributed by atoms with Gasteiger partial charge in [-0.25, -0.2) is 0 Å². The van der Waals surface area contributed by atoms with E-state index >= 15 is 0 Å². The van der Waals surface area contributed by atoms with Crippen molar-refractivity contribution in [2.24, 2.45) is 5.92 Å². The number of nitrogens with zero attached hydrogens (tertiary/aromatic N) is 1. The first-order valence-corrected chi connectivity index (χ1v) is 7.31. The predicted octanol–water partition coefficient (Wildman–Crippen LogP) is 3.95. The molecule has 2 nitrogen and oxygen atoms in total. The van der Waals surface area contributed by atoms with Crippen molar-refractivity contribution in [2.45, 2.75) is 24.3 Å². The van der Waals surface area contributed by atoms with Crippen LogP contribution in [0.4, 0.5) is 13.2 Å². The van der Waals surface area contributed by atoms with Gasteiger partial charge in [-0.3, -0.25) is 4.79 Å². The first kappa shape index (κ1) is 15.4. The lowest BCUT2D eigenvalue weighted by molar-refractivity contribution is -0.137. The lowest BCUT2D eigenvalue weighted by Gasteiger charge is -2.34. The number of hydrogen-bond acceptors (Lipinski definition) is 1. The minimum atomic E-state index is -4.42. The third-order valence-corrected chi connectivity index (χ3v) is 4.88. The lowest BCUT2D eigenvalue weighted by Crippen LogP contribution is -2.43. The van der Waals surface area contributed by atoms with Gasteiger partial charge in [-0.15, -0.1) is 0 Å². The highest BCUT2D eigenvalue weighted by molar-refractivity contribution is 9.09. The number of carbonyl (C=O) groups is 1.